The van der Waals surface area contributed by atoms with Crippen molar-refractivity contribution in [3.8, 4) is 0 Å². The van der Waals surface area contributed by atoms with E-state index < -0.39 is 5.97 Å². The number of rotatable bonds is 3. The molecule has 0 atom stereocenters. The van der Waals surface area contributed by atoms with Crippen LogP contribution in [0.4, 0.5) is 5.82 Å². The highest BCUT2D eigenvalue weighted by atomic mass is 16.5. The summed E-state index contributed by atoms with van der Waals surface area (Å²) in [5.74, 6) is -0.302. The lowest BCUT2D eigenvalue weighted by Gasteiger charge is -2.39. The number of carboxylic acid groups (broad SMARTS) is 1. The average Bonchev–Trinajstić information content (AvgIpc) is 2.16. The van der Waals surface area contributed by atoms with Crippen LogP contribution in [-0.2, 0) is 4.74 Å². The predicted octanol–water partition coefficient (Wildman–Crippen LogP) is 0.615. The first-order valence-electron chi connectivity index (χ1n) is 4.69. The predicted molar refractivity (Wildman–Crippen MR) is 54.2 cm³/mol. The molecule has 5 heteroatoms. The Balaban J connectivity index is 2.10. The lowest BCUT2D eigenvalue weighted by molar-refractivity contribution is 0.0689. The molecule has 1 saturated heterocycles. The highest BCUT2D eigenvalue weighted by Crippen LogP contribution is 2.19. The summed E-state index contributed by atoms with van der Waals surface area (Å²) < 4.78 is 5.13. The normalized spacial score (nSPS) is 16.2. The second kappa shape index (κ2) is 3.86. The Morgan fingerprint density at radius 2 is 2.33 bits per heavy atom. The first-order chi connectivity index (χ1) is 7.20. The van der Waals surface area contributed by atoms with E-state index in [1.54, 1.807) is 19.2 Å². The van der Waals surface area contributed by atoms with Crippen LogP contribution in [-0.4, -0.2) is 42.4 Å². The van der Waals surface area contributed by atoms with Gasteiger partial charge >= 0.3 is 5.97 Å². The maximum absolute atomic E-state index is 10.7. The first-order valence-corrected chi connectivity index (χ1v) is 4.69. The van der Waals surface area contributed by atoms with Gasteiger partial charge in [-0.1, -0.05) is 6.07 Å². The molecule has 0 bridgehead atoms. The smallest absolute Gasteiger partial charge is 0.354 e. The number of carboxylic acids is 1. The molecule has 0 radical (unpaired) electrons. The van der Waals surface area contributed by atoms with E-state index in [4.69, 9.17) is 9.84 Å². The molecule has 5 nitrogen and oxygen atoms in total. The summed E-state index contributed by atoms with van der Waals surface area (Å²) in [6, 6.07) is 4.99. The minimum Gasteiger partial charge on any atom is -0.477 e. The van der Waals surface area contributed by atoms with Crippen LogP contribution >= 0.6 is 0 Å². The Bertz CT molecular complexity index is 375. The number of aromatic nitrogens is 1. The molecule has 1 N–H and O–H groups in total. The third-order valence-electron chi connectivity index (χ3n) is 2.46. The highest BCUT2D eigenvalue weighted by Gasteiger charge is 2.27. The number of methoxy groups -OCH3 is 1. The maximum Gasteiger partial charge on any atom is 0.354 e. The van der Waals surface area contributed by atoms with E-state index in [9.17, 15) is 4.79 Å². The Kier molecular flexibility index (Phi) is 2.55. The van der Waals surface area contributed by atoms with Gasteiger partial charge in [0.2, 0.25) is 0 Å². The first kappa shape index (κ1) is 9.92. The SMILES string of the molecule is COC1CN(c2cccc(C(=O)O)n2)C1. The third kappa shape index (κ3) is 1.92. The summed E-state index contributed by atoms with van der Waals surface area (Å²) in [6.45, 7) is 1.54. The van der Waals surface area contributed by atoms with Crippen molar-refractivity contribution in [3.63, 3.8) is 0 Å². The molecule has 2 rings (SSSR count). The summed E-state index contributed by atoms with van der Waals surface area (Å²) in [5, 5.41) is 8.77. The molecule has 1 fully saturated rings. The fourth-order valence-corrected chi connectivity index (χ4v) is 1.49. The van der Waals surface area contributed by atoms with Crippen molar-refractivity contribution in [2.75, 3.05) is 25.1 Å². The van der Waals surface area contributed by atoms with E-state index in [1.807, 2.05) is 4.90 Å². The molecule has 1 aromatic rings. The molecule has 1 aliphatic heterocycles. The zero-order valence-electron chi connectivity index (χ0n) is 8.38. The van der Waals surface area contributed by atoms with Crippen LogP contribution in [0.15, 0.2) is 18.2 Å². The van der Waals surface area contributed by atoms with E-state index in [1.165, 1.54) is 6.07 Å². The highest BCUT2D eigenvalue weighted by molar-refractivity contribution is 5.85. The number of hydrogen-bond donors (Lipinski definition) is 1. The molecule has 0 saturated carbocycles. The van der Waals surface area contributed by atoms with Crippen molar-refractivity contribution in [1.29, 1.82) is 0 Å². The summed E-state index contributed by atoms with van der Waals surface area (Å²) in [6.07, 6.45) is 0.236. The average molecular weight is 208 g/mol. The van der Waals surface area contributed by atoms with Crippen LogP contribution in [0, 0.1) is 0 Å². The molecular formula is C10H12N2O3. The van der Waals surface area contributed by atoms with Gasteiger partial charge in [0.15, 0.2) is 5.69 Å². The Hall–Kier alpha value is -1.62. The maximum atomic E-state index is 10.7. The lowest BCUT2D eigenvalue weighted by Crippen LogP contribution is -2.52. The van der Waals surface area contributed by atoms with Gasteiger partial charge in [0, 0.05) is 20.2 Å². The molecule has 0 aromatic carbocycles. The van der Waals surface area contributed by atoms with Crippen LogP contribution in [0.3, 0.4) is 0 Å². The van der Waals surface area contributed by atoms with E-state index in [2.05, 4.69) is 4.98 Å². The quantitative estimate of drug-likeness (QED) is 0.788. The standard InChI is InChI=1S/C10H12N2O3/c1-15-7-5-12(6-7)9-4-2-3-8(11-9)10(13)14/h2-4,7H,5-6H2,1H3,(H,13,14). The number of ether oxygens (including phenoxy) is 1. The van der Waals surface area contributed by atoms with Gasteiger partial charge in [-0.25, -0.2) is 9.78 Å². The largest absolute Gasteiger partial charge is 0.477 e. The van der Waals surface area contributed by atoms with Gasteiger partial charge in [-0.05, 0) is 12.1 Å². The van der Waals surface area contributed by atoms with Crippen LogP contribution in [0.2, 0.25) is 0 Å². The monoisotopic (exact) mass is 208 g/mol. The van der Waals surface area contributed by atoms with Crippen LogP contribution in [0.1, 0.15) is 10.5 Å². The second-order valence-electron chi connectivity index (χ2n) is 3.45. The minimum atomic E-state index is -0.999. The van der Waals surface area contributed by atoms with E-state index in [0.29, 0.717) is 5.82 Å². The number of aromatic carboxylic acids is 1. The Morgan fingerprint density at radius 1 is 1.60 bits per heavy atom. The van der Waals surface area contributed by atoms with E-state index in [0.717, 1.165) is 13.1 Å². The molecule has 1 aromatic heterocycles. The zero-order chi connectivity index (χ0) is 10.8. The van der Waals surface area contributed by atoms with Crippen molar-refractivity contribution >= 4 is 11.8 Å². The number of carbonyl (C=O) groups is 1. The molecule has 0 unspecified atom stereocenters. The van der Waals surface area contributed by atoms with Gasteiger partial charge in [-0.2, -0.15) is 0 Å². The fourth-order valence-electron chi connectivity index (χ4n) is 1.49. The molecule has 80 valence electrons. The van der Waals surface area contributed by atoms with Crippen LogP contribution < -0.4 is 4.90 Å². The van der Waals surface area contributed by atoms with Crippen molar-refractivity contribution in [2.24, 2.45) is 0 Å². The van der Waals surface area contributed by atoms with Gasteiger partial charge in [0.25, 0.3) is 0 Å². The van der Waals surface area contributed by atoms with E-state index >= 15 is 0 Å². The molecule has 15 heavy (non-hydrogen) atoms. The third-order valence-corrected chi connectivity index (χ3v) is 2.46. The Morgan fingerprint density at radius 3 is 2.93 bits per heavy atom. The summed E-state index contributed by atoms with van der Waals surface area (Å²) in [5.41, 5.74) is 0.0772. The van der Waals surface area contributed by atoms with Crippen LogP contribution in [0.5, 0.6) is 0 Å². The summed E-state index contributed by atoms with van der Waals surface area (Å²) >= 11 is 0. The number of hydrogen-bond acceptors (Lipinski definition) is 4. The van der Waals surface area contributed by atoms with Gasteiger partial charge in [0.05, 0.1) is 6.10 Å². The van der Waals surface area contributed by atoms with E-state index in [-0.39, 0.29) is 11.8 Å². The van der Waals surface area contributed by atoms with Gasteiger partial charge in [0.1, 0.15) is 5.82 Å². The lowest BCUT2D eigenvalue weighted by atomic mass is 10.1. The summed E-state index contributed by atoms with van der Waals surface area (Å²) in [4.78, 5) is 16.7. The van der Waals surface area contributed by atoms with Gasteiger partial charge in [-0.15, -0.1) is 0 Å². The topological polar surface area (TPSA) is 62.7 Å². The number of anilines is 1. The minimum absolute atomic E-state index is 0.0772. The van der Waals surface area contributed by atoms with Crippen molar-refractivity contribution in [3.05, 3.63) is 23.9 Å². The van der Waals surface area contributed by atoms with Gasteiger partial charge in [-0.3, -0.25) is 0 Å². The zero-order valence-corrected chi connectivity index (χ0v) is 8.38. The van der Waals surface area contributed by atoms with Crippen molar-refractivity contribution in [1.82, 2.24) is 4.98 Å². The summed E-state index contributed by atoms with van der Waals surface area (Å²) in [7, 11) is 1.67. The van der Waals surface area contributed by atoms with Crippen molar-refractivity contribution in [2.45, 2.75) is 6.10 Å². The second-order valence-corrected chi connectivity index (χ2v) is 3.45. The molecule has 1 aliphatic rings. The molecular weight excluding hydrogens is 196 g/mol. The van der Waals surface area contributed by atoms with Gasteiger partial charge < -0.3 is 14.7 Å². The van der Waals surface area contributed by atoms with Crippen LogP contribution in [0.25, 0.3) is 0 Å². The number of nitrogens with zero attached hydrogens (tertiary/aromatic N) is 2. The fraction of sp³-hybridized carbons (Fsp3) is 0.400. The Labute approximate surface area is 87.3 Å². The molecule has 0 spiro atoms. The molecule has 2 heterocycles. The molecule has 0 aliphatic carbocycles. The van der Waals surface area contributed by atoms with Crippen molar-refractivity contribution < 1.29 is 14.6 Å². The number of pyridine rings is 1. The molecule has 0 amide bonds.